The molecule has 0 radical (unpaired) electrons. The van der Waals surface area contributed by atoms with E-state index >= 15 is 0 Å². The molecule has 0 aliphatic rings. The van der Waals surface area contributed by atoms with Crippen LogP contribution in [0.1, 0.15) is 47.2 Å². The van der Waals surface area contributed by atoms with Gasteiger partial charge in [0.25, 0.3) is 0 Å². The first-order chi connectivity index (χ1) is 17.3. The first-order valence-electron chi connectivity index (χ1n) is 11.6. The van der Waals surface area contributed by atoms with Crippen LogP contribution in [0.5, 0.6) is 11.5 Å². The Morgan fingerprint density at radius 3 is 2.17 bits per heavy atom. The average Bonchev–Trinajstić information content (AvgIpc) is 2.87. The Morgan fingerprint density at radius 1 is 0.833 bits per heavy atom. The van der Waals surface area contributed by atoms with Crippen molar-refractivity contribution in [1.29, 1.82) is 0 Å². The minimum Gasteiger partial charge on any atom is -0.494 e. The van der Waals surface area contributed by atoms with Gasteiger partial charge in [-0.2, -0.15) is 0 Å². The fourth-order valence-electron chi connectivity index (χ4n) is 3.52. The molecule has 8 heteroatoms. The monoisotopic (exact) mass is 491 g/mol. The number of carbonyl (C=O) groups excluding carboxylic acids is 1. The highest BCUT2D eigenvalue weighted by atomic mass is 16.5. The minimum atomic E-state index is -1.17. The summed E-state index contributed by atoms with van der Waals surface area (Å²) in [4.78, 5) is 35.3. The number of para-hydroxylation sites is 1. The second-order valence-electron chi connectivity index (χ2n) is 8.25. The lowest BCUT2D eigenvalue weighted by Crippen LogP contribution is -2.20. The van der Waals surface area contributed by atoms with E-state index in [2.05, 4.69) is 5.32 Å². The van der Waals surface area contributed by atoms with Gasteiger partial charge in [0, 0.05) is 5.69 Å². The number of nitrogens with one attached hydrogen (secondary N) is 1. The standard InChI is InChI=1S/C28H29NO7/c1-19(27(32)29-25-13-12-21(28(33)34)16-22(25)18-26(30)31)20-8-7-11-24(17-20)36-15-6-5-14-35-23-9-3-2-4-10-23/h2-4,7-13,16-17,19H,5-6,14-15,18H2,1H3,(H,29,32)(H,30,31)(H,33,34). The number of benzene rings is 3. The predicted octanol–water partition coefficient (Wildman–Crippen LogP) is 4.99. The molecular formula is C28H29NO7. The van der Waals surface area contributed by atoms with E-state index in [0.717, 1.165) is 24.2 Å². The number of aliphatic carboxylic acids is 1. The molecule has 0 saturated carbocycles. The smallest absolute Gasteiger partial charge is 0.335 e. The molecule has 36 heavy (non-hydrogen) atoms. The summed E-state index contributed by atoms with van der Waals surface area (Å²) in [5.41, 5.74) is 1.17. The van der Waals surface area contributed by atoms with Gasteiger partial charge in [0.15, 0.2) is 0 Å². The zero-order chi connectivity index (χ0) is 25.9. The van der Waals surface area contributed by atoms with E-state index in [-0.39, 0.29) is 22.7 Å². The third-order valence-electron chi connectivity index (χ3n) is 5.52. The van der Waals surface area contributed by atoms with Crippen LogP contribution < -0.4 is 14.8 Å². The zero-order valence-electron chi connectivity index (χ0n) is 20.0. The van der Waals surface area contributed by atoms with Gasteiger partial charge in [-0.25, -0.2) is 4.79 Å². The number of carboxylic acids is 2. The number of rotatable bonds is 13. The van der Waals surface area contributed by atoms with Crippen LogP contribution in [0.4, 0.5) is 5.69 Å². The third kappa shape index (κ3) is 7.87. The largest absolute Gasteiger partial charge is 0.494 e. The number of hydrogen-bond donors (Lipinski definition) is 3. The molecule has 3 N–H and O–H groups in total. The van der Waals surface area contributed by atoms with E-state index in [1.165, 1.54) is 18.2 Å². The van der Waals surface area contributed by atoms with E-state index in [9.17, 15) is 19.5 Å². The van der Waals surface area contributed by atoms with Crippen molar-refractivity contribution in [2.24, 2.45) is 0 Å². The van der Waals surface area contributed by atoms with Crippen molar-refractivity contribution >= 4 is 23.5 Å². The van der Waals surface area contributed by atoms with Crippen molar-refractivity contribution in [3.63, 3.8) is 0 Å². The van der Waals surface area contributed by atoms with Crippen LogP contribution in [0.15, 0.2) is 72.8 Å². The van der Waals surface area contributed by atoms with Crippen molar-refractivity contribution in [3.8, 4) is 11.5 Å². The molecule has 3 rings (SSSR count). The Kier molecular flexibility index (Phi) is 9.45. The molecule has 0 spiro atoms. The van der Waals surface area contributed by atoms with Crippen LogP contribution in [-0.4, -0.2) is 41.3 Å². The Hall–Kier alpha value is -4.33. The van der Waals surface area contributed by atoms with Gasteiger partial charge < -0.3 is 25.0 Å². The van der Waals surface area contributed by atoms with Crippen molar-refractivity contribution < 1.29 is 34.1 Å². The summed E-state index contributed by atoms with van der Waals surface area (Å²) >= 11 is 0. The number of amides is 1. The summed E-state index contributed by atoms with van der Waals surface area (Å²) < 4.78 is 11.5. The molecule has 0 aromatic heterocycles. The Balaban J connectivity index is 1.54. The molecule has 0 bridgehead atoms. The van der Waals surface area contributed by atoms with Gasteiger partial charge in [0.2, 0.25) is 5.91 Å². The predicted molar refractivity (Wildman–Crippen MR) is 135 cm³/mol. The van der Waals surface area contributed by atoms with Crippen LogP contribution in [-0.2, 0) is 16.0 Å². The molecule has 0 aliphatic heterocycles. The summed E-state index contributed by atoms with van der Waals surface area (Å²) in [7, 11) is 0. The Morgan fingerprint density at radius 2 is 1.50 bits per heavy atom. The van der Waals surface area contributed by atoms with Crippen molar-refractivity contribution in [3.05, 3.63) is 89.5 Å². The Labute approximate surface area is 209 Å². The van der Waals surface area contributed by atoms with Gasteiger partial charge in [-0.3, -0.25) is 9.59 Å². The molecule has 1 amide bonds. The molecule has 3 aromatic carbocycles. The maximum Gasteiger partial charge on any atom is 0.335 e. The lowest BCUT2D eigenvalue weighted by Gasteiger charge is -2.16. The van der Waals surface area contributed by atoms with Crippen molar-refractivity contribution in [2.45, 2.75) is 32.1 Å². The first kappa shape index (κ1) is 26.3. The Bertz CT molecular complexity index is 1190. The second-order valence-corrected chi connectivity index (χ2v) is 8.25. The van der Waals surface area contributed by atoms with Crippen LogP contribution in [0.25, 0.3) is 0 Å². The van der Waals surface area contributed by atoms with Crippen LogP contribution >= 0.6 is 0 Å². The second kappa shape index (κ2) is 12.9. The minimum absolute atomic E-state index is 0.0474. The van der Waals surface area contributed by atoms with E-state index in [1.54, 1.807) is 13.0 Å². The molecule has 1 unspecified atom stereocenters. The highest BCUT2D eigenvalue weighted by Crippen LogP contribution is 2.25. The van der Waals surface area contributed by atoms with Crippen LogP contribution in [0.3, 0.4) is 0 Å². The lowest BCUT2D eigenvalue weighted by atomic mass is 9.99. The summed E-state index contributed by atoms with van der Waals surface area (Å²) in [5.74, 6) is -1.71. The van der Waals surface area contributed by atoms with Crippen molar-refractivity contribution in [1.82, 2.24) is 0 Å². The molecule has 0 aliphatic carbocycles. The number of hydrogen-bond acceptors (Lipinski definition) is 5. The number of carbonyl (C=O) groups is 3. The highest BCUT2D eigenvalue weighted by Gasteiger charge is 2.19. The number of carboxylic acid groups (broad SMARTS) is 2. The van der Waals surface area contributed by atoms with Gasteiger partial charge >= 0.3 is 11.9 Å². The fraction of sp³-hybridized carbons (Fsp3) is 0.250. The van der Waals surface area contributed by atoms with Crippen LogP contribution in [0, 0.1) is 0 Å². The molecule has 1 atom stereocenters. The highest BCUT2D eigenvalue weighted by molar-refractivity contribution is 5.97. The summed E-state index contributed by atoms with van der Waals surface area (Å²) in [5, 5.41) is 21.1. The van der Waals surface area contributed by atoms with Gasteiger partial charge in [0.1, 0.15) is 11.5 Å². The van der Waals surface area contributed by atoms with E-state index < -0.39 is 24.3 Å². The maximum atomic E-state index is 12.9. The number of unbranched alkanes of at least 4 members (excludes halogenated alkanes) is 1. The van der Waals surface area contributed by atoms with Crippen molar-refractivity contribution in [2.75, 3.05) is 18.5 Å². The van der Waals surface area contributed by atoms with E-state index in [1.807, 2.05) is 48.5 Å². The molecule has 3 aromatic rings. The molecular weight excluding hydrogens is 462 g/mol. The topological polar surface area (TPSA) is 122 Å². The third-order valence-corrected chi connectivity index (χ3v) is 5.52. The number of ether oxygens (including phenoxy) is 2. The summed E-state index contributed by atoms with van der Waals surface area (Å²) in [6.45, 7) is 2.84. The SMILES string of the molecule is CC(C(=O)Nc1ccc(C(=O)O)cc1CC(=O)O)c1cccc(OCCCCOc2ccccc2)c1. The van der Waals surface area contributed by atoms with Gasteiger partial charge in [-0.15, -0.1) is 0 Å². The van der Waals surface area contributed by atoms with Gasteiger partial charge in [0.05, 0.1) is 31.1 Å². The summed E-state index contributed by atoms with van der Waals surface area (Å²) in [6.07, 6.45) is 1.24. The van der Waals surface area contributed by atoms with E-state index in [0.29, 0.717) is 19.0 Å². The number of aromatic carboxylic acids is 1. The van der Waals surface area contributed by atoms with Crippen LogP contribution in [0.2, 0.25) is 0 Å². The molecule has 8 nitrogen and oxygen atoms in total. The quantitative estimate of drug-likeness (QED) is 0.288. The molecule has 0 heterocycles. The summed E-state index contributed by atoms with van der Waals surface area (Å²) in [6, 6.07) is 20.9. The molecule has 188 valence electrons. The van der Waals surface area contributed by atoms with Gasteiger partial charge in [-0.1, -0.05) is 30.3 Å². The average molecular weight is 492 g/mol. The maximum absolute atomic E-state index is 12.9. The zero-order valence-corrected chi connectivity index (χ0v) is 20.0. The fourth-order valence-corrected chi connectivity index (χ4v) is 3.52. The first-order valence-corrected chi connectivity index (χ1v) is 11.6. The lowest BCUT2D eigenvalue weighted by molar-refractivity contribution is -0.136. The normalized spacial score (nSPS) is 11.4. The molecule has 0 fully saturated rings. The van der Waals surface area contributed by atoms with E-state index in [4.69, 9.17) is 14.6 Å². The van der Waals surface area contributed by atoms with Gasteiger partial charge in [-0.05, 0) is 73.4 Å². The number of anilines is 1. The molecule has 0 saturated heterocycles.